The molecule has 2 aromatic carbocycles. The molecule has 0 saturated heterocycles. The molecule has 0 radical (unpaired) electrons. The minimum Gasteiger partial charge on any atom is -0.378 e. The first-order chi connectivity index (χ1) is 11.1. The Kier molecular flexibility index (Phi) is 4.42. The van der Waals surface area contributed by atoms with E-state index < -0.39 is 0 Å². The van der Waals surface area contributed by atoms with Gasteiger partial charge in [-0.15, -0.1) is 0 Å². The maximum atomic E-state index is 4.78. The van der Waals surface area contributed by atoms with Crippen LogP contribution in [0.4, 0.5) is 5.69 Å². The molecule has 2 heteroatoms. The van der Waals surface area contributed by atoms with Gasteiger partial charge in [0.05, 0.1) is 5.69 Å². The van der Waals surface area contributed by atoms with Gasteiger partial charge in [0.25, 0.3) is 0 Å². The van der Waals surface area contributed by atoms with Crippen molar-refractivity contribution in [2.45, 2.75) is 12.8 Å². The molecule has 2 nitrogen and oxygen atoms in total. The predicted octanol–water partition coefficient (Wildman–Crippen LogP) is 4.93. The molecule has 23 heavy (non-hydrogen) atoms. The molecule has 0 heterocycles. The Morgan fingerprint density at radius 2 is 1.65 bits per heavy atom. The van der Waals surface area contributed by atoms with Crippen LogP contribution in [0.1, 0.15) is 24.0 Å². The molecule has 1 aliphatic carbocycles. The van der Waals surface area contributed by atoms with Crippen molar-refractivity contribution in [1.82, 2.24) is 4.90 Å². The smallest absolute Gasteiger partial charge is 0.0633 e. The third-order valence-electron chi connectivity index (χ3n) is 4.10. The average Bonchev–Trinajstić information content (AvgIpc) is 3.06. The highest BCUT2D eigenvalue weighted by Gasteiger charge is 2.17. The summed E-state index contributed by atoms with van der Waals surface area (Å²) in [5, 5.41) is 0. The minimum atomic E-state index is 0.310. The van der Waals surface area contributed by atoms with Gasteiger partial charge in [0.2, 0.25) is 0 Å². The van der Waals surface area contributed by atoms with Gasteiger partial charge in [-0.2, -0.15) is 0 Å². The number of benzene rings is 2. The molecule has 3 rings (SSSR count). The standard InChI is InChI=1S/C21H22N2/c1-16(22-18-9-5-4-6-10-18)20-11-7-8-12-21(20)17-13-14-19(15-17)23(2)3/h4-15,17H,1-3H3. The highest BCUT2D eigenvalue weighted by molar-refractivity contribution is 6.01. The largest absolute Gasteiger partial charge is 0.378 e. The maximum absolute atomic E-state index is 4.78. The summed E-state index contributed by atoms with van der Waals surface area (Å²) in [7, 11) is 4.15. The van der Waals surface area contributed by atoms with E-state index in [1.165, 1.54) is 16.8 Å². The fourth-order valence-electron chi connectivity index (χ4n) is 2.86. The molecule has 0 saturated carbocycles. The van der Waals surface area contributed by atoms with Crippen molar-refractivity contribution >= 4 is 11.4 Å². The Morgan fingerprint density at radius 3 is 2.35 bits per heavy atom. The number of hydrogen-bond donors (Lipinski definition) is 0. The molecular formula is C21H22N2. The number of likely N-dealkylation sites (N-methyl/N-ethyl adjacent to an activating group) is 1. The normalized spacial score (nSPS) is 17.3. The number of hydrogen-bond acceptors (Lipinski definition) is 2. The van der Waals surface area contributed by atoms with E-state index in [1.54, 1.807) is 0 Å². The van der Waals surface area contributed by atoms with Crippen LogP contribution >= 0.6 is 0 Å². The van der Waals surface area contributed by atoms with Crippen LogP contribution in [0.5, 0.6) is 0 Å². The second-order valence-corrected chi connectivity index (χ2v) is 5.99. The average molecular weight is 302 g/mol. The Morgan fingerprint density at radius 1 is 0.957 bits per heavy atom. The van der Waals surface area contributed by atoms with E-state index in [4.69, 9.17) is 4.99 Å². The van der Waals surface area contributed by atoms with E-state index in [9.17, 15) is 0 Å². The fraction of sp³-hybridized carbons (Fsp3) is 0.190. The van der Waals surface area contributed by atoms with Gasteiger partial charge in [-0.3, -0.25) is 4.99 Å². The summed E-state index contributed by atoms with van der Waals surface area (Å²) in [5.41, 5.74) is 5.81. The Hall–Kier alpha value is -2.61. The SMILES string of the molecule is CC(=Nc1ccccc1)c1ccccc1C1C=CC(N(C)C)=C1. The van der Waals surface area contributed by atoms with E-state index in [0.29, 0.717) is 5.92 Å². The van der Waals surface area contributed by atoms with Crippen molar-refractivity contribution in [2.75, 3.05) is 14.1 Å². The monoisotopic (exact) mass is 302 g/mol. The zero-order chi connectivity index (χ0) is 16.2. The van der Waals surface area contributed by atoms with E-state index in [1.807, 2.05) is 30.3 Å². The van der Waals surface area contributed by atoms with E-state index in [2.05, 4.69) is 68.4 Å². The van der Waals surface area contributed by atoms with E-state index in [-0.39, 0.29) is 0 Å². The molecule has 0 amide bonds. The highest BCUT2D eigenvalue weighted by Crippen LogP contribution is 2.30. The van der Waals surface area contributed by atoms with Gasteiger partial charge in [-0.05, 0) is 42.3 Å². The van der Waals surface area contributed by atoms with Gasteiger partial charge in [0.1, 0.15) is 0 Å². The third kappa shape index (κ3) is 3.42. The van der Waals surface area contributed by atoms with Crippen molar-refractivity contribution in [3.05, 3.63) is 89.6 Å². The summed E-state index contributed by atoms with van der Waals surface area (Å²) in [4.78, 5) is 6.92. The van der Waals surface area contributed by atoms with Crippen molar-refractivity contribution in [3.63, 3.8) is 0 Å². The lowest BCUT2D eigenvalue weighted by molar-refractivity contribution is 0.530. The maximum Gasteiger partial charge on any atom is 0.0633 e. The lowest BCUT2D eigenvalue weighted by atomic mass is 9.93. The van der Waals surface area contributed by atoms with Crippen LogP contribution in [0.25, 0.3) is 0 Å². The summed E-state index contributed by atoms with van der Waals surface area (Å²) < 4.78 is 0. The number of para-hydroxylation sites is 1. The summed E-state index contributed by atoms with van der Waals surface area (Å²) in [6, 6.07) is 18.7. The Balaban J connectivity index is 1.96. The molecule has 0 spiro atoms. The molecular weight excluding hydrogens is 280 g/mol. The minimum absolute atomic E-state index is 0.310. The number of rotatable bonds is 4. The second kappa shape index (κ2) is 6.66. The zero-order valence-corrected chi connectivity index (χ0v) is 13.9. The van der Waals surface area contributed by atoms with Crippen LogP contribution in [0.2, 0.25) is 0 Å². The van der Waals surface area contributed by atoms with Gasteiger partial charge in [-0.25, -0.2) is 0 Å². The lowest BCUT2D eigenvalue weighted by Crippen LogP contribution is -2.08. The van der Waals surface area contributed by atoms with Crippen molar-refractivity contribution in [3.8, 4) is 0 Å². The summed E-state index contributed by atoms with van der Waals surface area (Å²) in [6.45, 7) is 2.08. The van der Waals surface area contributed by atoms with E-state index >= 15 is 0 Å². The van der Waals surface area contributed by atoms with Crippen LogP contribution in [0, 0.1) is 0 Å². The molecule has 0 aliphatic heterocycles. The lowest BCUT2D eigenvalue weighted by Gasteiger charge is -2.14. The molecule has 0 N–H and O–H groups in total. The second-order valence-electron chi connectivity index (χ2n) is 5.99. The summed E-state index contributed by atoms with van der Waals surface area (Å²) in [6.07, 6.45) is 6.74. The predicted molar refractivity (Wildman–Crippen MR) is 98.4 cm³/mol. The number of nitrogens with zero attached hydrogens (tertiary/aromatic N) is 2. The molecule has 0 bridgehead atoms. The number of allylic oxidation sites excluding steroid dienone is 3. The Labute approximate surface area is 138 Å². The zero-order valence-electron chi connectivity index (χ0n) is 13.9. The molecule has 2 aromatic rings. The quantitative estimate of drug-likeness (QED) is 0.731. The Bertz CT molecular complexity index is 767. The van der Waals surface area contributed by atoms with Gasteiger partial charge >= 0.3 is 0 Å². The first-order valence-electron chi connectivity index (χ1n) is 7.92. The fourth-order valence-corrected chi connectivity index (χ4v) is 2.86. The first kappa shape index (κ1) is 15.3. The third-order valence-corrected chi connectivity index (χ3v) is 4.10. The van der Waals surface area contributed by atoms with Gasteiger partial charge < -0.3 is 4.90 Å². The van der Waals surface area contributed by atoms with Gasteiger partial charge in [0, 0.05) is 31.4 Å². The van der Waals surface area contributed by atoms with Gasteiger partial charge in [-0.1, -0.05) is 48.5 Å². The molecule has 116 valence electrons. The number of aliphatic imine (C=N–C) groups is 1. The first-order valence-corrected chi connectivity index (χ1v) is 7.92. The molecule has 1 atom stereocenters. The summed E-state index contributed by atoms with van der Waals surface area (Å²) >= 11 is 0. The van der Waals surface area contributed by atoms with Crippen LogP contribution in [-0.2, 0) is 0 Å². The van der Waals surface area contributed by atoms with Gasteiger partial charge in [0.15, 0.2) is 0 Å². The van der Waals surface area contributed by atoms with Crippen molar-refractivity contribution in [2.24, 2.45) is 4.99 Å². The van der Waals surface area contributed by atoms with Crippen molar-refractivity contribution in [1.29, 1.82) is 0 Å². The highest BCUT2D eigenvalue weighted by atomic mass is 15.1. The van der Waals surface area contributed by atoms with E-state index in [0.717, 1.165) is 11.4 Å². The molecule has 1 unspecified atom stereocenters. The van der Waals surface area contributed by atoms with Crippen LogP contribution in [0.3, 0.4) is 0 Å². The molecule has 0 fully saturated rings. The molecule has 0 aromatic heterocycles. The molecule has 1 aliphatic rings. The topological polar surface area (TPSA) is 15.6 Å². The summed E-state index contributed by atoms with van der Waals surface area (Å²) in [5.74, 6) is 0.310. The van der Waals surface area contributed by atoms with Crippen LogP contribution in [0.15, 0.2) is 83.5 Å². The van der Waals surface area contributed by atoms with Crippen molar-refractivity contribution < 1.29 is 0 Å². The van der Waals surface area contributed by atoms with Crippen LogP contribution in [-0.4, -0.2) is 24.7 Å². The van der Waals surface area contributed by atoms with Crippen LogP contribution < -0.4 is 0 Å².